The standard InChI is InChI=1S/C20H22ClN3O3S2/c21-15-5-9-17(10-6-15)28-14-20(25)23-16-7-11-18(12-8-16)29(26,27)24-19-4-2-1-3-13-22-19/h5-12H,1-4,13-14H2,(H,22,24)(H,23,25). The molecule has 1 heterocycles. The van der Waals surface area contributed by atoms with E-state index in [1.165, 1.54) is 23.9 Å². The number of carbonyl (C=O) groups is 1. The summed E-state index contributed by atoms with van der Waals surface area (Å²) in [6, 6.07) is 13.4. The van der Waals surface area contributed by atoms with E-state index in [4.69, 9.17) is 11.6 Å². The van der Waals surface area contributed by atoms with Crippen molar-refractivity contribution < 1.29 is 13.2 Å². The molecule has 2 N–H and O–H groups in total. The fraction of sp³-hybridized carbons (Fsp3) is 0.300. The van der Waals surface area contributed by atoms with Crippen molar-refractivity contribution in [2.24, 2.45) is 4.99 Å². The van der Waals surface area contributed by atoms with E-state index in [2.05, 4.69) is 15.0 Å². The van der Waals surface area contributed by atoms with E-state index in [9.17, 15) is 13.2 Å². The van der Waals surface area contributed by atoms with Gasteiger partial charge in [0.2, 0.25) is 5.91 Å². The summed E-state index contributed by atoms with van der Waals surface area (Å²) in [6.07, 6.45) is 3.61. The van der Waals surface area contributed by atoms with Gasteiger partial charge in [-0.15, -0.1) is 11.8 Å². The first kappa shape index (κ1) is 21.7. The zero-order chi connectivity index (χ0) is 20.7. The van der Waals surface area contributed by atoms with E-state index < -0.39 is 10.0 Å². The first-order valence-electron chi connectivity index (χ1n) is 9.27. The lowest BCUT2D eigenvalue weighted by Gasteiger charge is -2.10. The molecule has 29 heavy (non-hydrogen) atoms. The van der Waals surface area contributed by atoms with Gasteiger partial charge in [0.1, 0.15) is 5.84 Å². The van der Waals surface area contributed by atoms with Crippen LogP contribution in [0.25, 0.3) is 0 Å². The van der Waals surface area contributed by atoms with Gasteiger partial charge < -0.3 is 5.32 Å². The average molecular weight is 452 g/mol. The number of rotatable bonds is 6. The number of hydrogen-bond acceptors (Lipinski definition) is 5. The molecule has 0 atom stereocenters. The third-order valence-corrected chi connectivity index (χ3v) is 6.92. The van der Waals surface area contributed by atoms with Crippen LogP contribution < -0.4 is 10.0 Å². The smallest absolute Gasteiger partial charge is 0.262 e. The predicted octanol–water partition coefficient (Wildman–Crippen LogP) is 4.32. The zero-order valence-electron chi connectivity index (χ0n) is 15.7. The summed E-state index contributed by atoms with van der Waals surface area (Å²) in [6.45, 7) is 0.650. The number of benzene rings is 2. The monoisotopic (exact) mass is 451 g/mol. The Balaban J connectivity index is 1.55. The fourth-order valence-electron chi connectivity index (χ4n) is 2.77. The second-order valence-corrected chi connectivity index (χ2v) is 9.73. The van der Waals surface area contributed by atoms with Crippen LogP contribution in [0, 0.1) is 0 Å². The van der Waals surface area contributed by atoms with E-state index in [0.717, 1.165) is 24.2 Å². The molecule has 0 unspecified atom stereocenters. The summed E-state index contributed by atoms with van der Waals surface area (Å²) in [4.78, 5) is 17.5. The molecule has 0 fully saturated rings. The summed E-state index contributed by atoms with van der Waals surface area (Å²) >= 11 is 7.24. The Morgan fingerprint density at radius 2 is 1.76 bits per heavy atom. The van der Waals surface area contributed by atoms with Crippen molar-refractivity contribution in [1.82, 2.24) is 4.72 Å². The number of sulfonamides is 1. The molecule has 1 aliphatic heterocycles. The van der Waals surface area contributed by atoms with Crippen molar-refractivity contribution >= 4 is 50.8 Å². The van der Waals surface area contributed by atoms with Crippen LogP contribution in [-0.4, -0.2) is 32.5 Å². The maximum absolute atomic E-state index is 12.5. The summed E-state index contributed by atoms with van der Waals surface area (Å²) in [5, 5.41) is 3.41. The summed E-state index contributed by atoms with van der Waals surface area (Å²) in [7, 11) is -3.68. The van der Waals surface area contributed by atoms with Gasteiger partial charge in [0.15, 0.2) is 0 Å². The Labute approximate surface area is 180 Å². The maximum Gasteiger partial charge on any atom is 0.262 e. The highest BCUT2D eigenvalue weighted by Gasteiger charge is 2.17. The Morgan fingerprint density at radius 1 is 1.03 bits per heavy atom. The van der Waals surface area contributed by atoms with Crippen molar-refractivity contribution in [3.63, 3.8) is 0 Å². The number of amidine groups is 1. The fourth-order valence-corrected chi connectivity index (χ4v) is 4.68. The molecule has 0 saturated carbocycles. The molecular formula is C20H22ClN3O3S2. The molecule has 0 saturated heterocycles. The van der Waals surface area contributed by atoms with Crippen molar-refractivity contribution in [3.8, 4) is 0 Å². The summed E-state index contributed by atoms with van der Waals surface area (Å²) in [5.41, 5.74) is 0.539. The van der Waals surface area contributed by atoms with Gasteiger partial charge >= 0.3 is 0 Å². The molecule has 0 radical (unpaired) electrons. The molecule has 1 amide bonds. The molecule has 3 rings (SSSR count). The normalized spacial score (nSPS) is 14.6. The maximum atomic E-state index is 12.5. The minimum Gasteiger partial charge on any atom is -0.325 e. The lowest BCUT2D eigenvalue weighted by molar-refractivity contribution is -0.113. The van der Waals surface area contributed by atoms with Crippen LogP contribution in [0.15, 0.2) is 63.3 Å². The Bertz CT molecular complexity index is 975. The molecule has 9 heteroatoms. The van der Waals surface area contributed by atoms with Gasteiger partial charge in [0, 0.05) is 28.6 Å². The number of nitrogens with one attached hydrogen (secondary N) is 2. The van der Waals surface area contributed by atoms with Crippen LogP contribution in [0.2, 0.25) is 5.02 Å². The number of halogens is 1. The van der Waals surface area contributed by atoms with E-state index in [0.29, 0.717) is 29.5 Å². The highest BCUT2D eigenvalue weighted by atomic mass is 35.5. The number of aliphatic imine (C=N–C) groups is 1. The molecule has 0 aromatic heterocycles. The number of thioether (sulfide) groups is 1. The quantitative estimate of drug-likeness (QED) is 0.640. The zero-order valence-corrected chi connectivity index (χ0v) is 18.1. The summed E-state index contributed by atoms with van der Waals surface area (Å²) < 4.78 is 27.7. The number of nitrogens with zero attached hydrogens (tertiary/aromatic N) is 1. The first-order valence-corrected chi connectivity index (χ1v) is 12.1. The largest absolute Gasteiger partial charge is 0.325 e. The number of amides is 1. The highest BCUT2D eigenvalue weighted by molar-refractivity contribution is 8.00. The third-order valence-electron chi connectivity index (χ3n) is 4.26. The van der Waals surface area contributed by atoms with Gasteiger partial charge in [0.25, 0.3) is 10.0 Å². The Morgan fingerprint density at radius 3 is 2.48 bits per heavy atom. The SMILES string of the molecule is O=C(CSc1ccc(Cl)cc1)Nc1ccc(S(=O)(=O)NC2=NCCCCC2)cc1. The van der Waals surface area contributed by atoms with Crippen molar-refractivity contribution in [1.29, 1.82) is 0 Å². The lowest BCUT2D eigenvalue weighted by atomic mass is 10.2. The van der Waals surface area contributed by atoms with Gasteiger partial charge in [0.05, 0.1) is 10.6 Å². The van der Waals surface area contributed by atoms with E-state index in [1.807, 2.05) is 12.1 Å². The van der Waals surface area contributed by atoms with Crippen LogP contribution >= 0.6 is 23.4 Å². The van der Waals surface area contributed by atoms with Gasteiger partial charge in [-0.1, -0.05) is 18.0 Å². The predicted molar refractivity (Wildman–Crippen MR) is 118 cm³/mol. The van der Waals surface area contributed by atoms with Gasteiger partial charge in [-0.3, -0.25) is 14.5 Å². The van der Waals surface area contributed by atoms with E-state index >= 15 is 0 Å². The van der Waals surface area contributed by atoms with Crippen LogP contribution in [0.5, 0.6) is 0 Å². The molecule has 6 nitrogen and oxygen atoms in total. The molecule has 2 aromatic carbocycles. The van der Waals surface area contributed by atoms with Crippen molar-refractivity contribution in [2.45, 2.75) is 35.5 Å². The average Bonchev–Trinajstić information content (AvgIpc) is 2.96. The number of hydrogen-bond donors (Lipinski definition) is 2. The molecular weight excluding hydrogens is 430 g/mol. The second-order valence-electron chi connectivity index (χ2n) is 6.56. The Kier molecular flexibility index (Phi) is 7.57. The molecule has 0 aliphatic carbocycles. The minimum absolute atomic E-state index is 0.137. The van der Waals surface area contributed by atoms with Gasteiger partial charge in [-0.05, 0) is 61.4 Å². The highest BCUT2D eigenvalue weighted by Crippen LogP contribution is 2.21. The van der Waals surface area contributed by atoms with Crippen LogP contribution in [0.1, 0.15) is 25.7 Å². The van der Waals surface area contributed by atoms with Gasteiger partial charge in [-0.2, -0.15) is 0 Å². The van der Waals surface area contributed by atoms with Crippen molar-refractivity contribution in [2.75, 3.05) is 17.6 Å². The van der Waals surface area contributed by atoms with Gasteiger partial charge in [-0.25, -0.2) is 8.42 Å². The Hall–Kier alpha value is -2.03. The molecule has 0 spiro atoms. The van der Waals surface area contributed by atoms with E-state index in [1.54, 1.807) is 24.3 Å². The minimum atomic E-state index is -3.68. The molecule has 2 aromatic rings. The van der Waals surface area contributed by atoms with E-state index in [-0.39, 0.29) is 16.6 Å². The number of carbonyl (C=O) groups excluding carboxylic acids is 1. The first-order chi connectivity index (χ1) is 13.9. The van der Waals surface area contributed by atoms with Crippen LogP contribution in [-0.2, 0) is 14.8 Å². The molecule has 0 bridgehead atoms. The summed E-state index contributed by atoms with van der Waals surface area (Å²) in [5.74, 6) is 0.578. The second kappa shape index (κ2) is 10.1. The number of anilines is 1. The van der Waals surface area contributed by atoms with Crippen molar-refractivity contribution in [3.05, 3.63) is 53.6 Å². The lowest BCUT2D eigenvalue weighted by Crippen LogP contribution is -2.30. The molecule has 1 aliphatic rings. The third kappa shape index (κ3) is 6.76. The molecule has 154 valence electrons. The van der Waals surface area contributed by atoms with Crippen LogP contribution in [0.3, 0.4) is 0 Å². The van der Waals surface area contributed by atoms with Crippen LogP contribution in [0.4, 0.5) is 5.69 Å². The topological polar surface area (TPSA) is 87.6 Å².